The van der Waals surface area contributed by atoms with Crippen LogP contribution in [0.25, 0.3) is 0 Å². The number of nitrogens with zero attached hydrogens (tertiary/aromatic N) is 5. The molecule has 0 saturated heterocycles. The van der Waals surface area contributed by atoms with Crippen molar-refractivity contribution < 1.29 is 18.0 Å². The van der Waals surface area contributed by atoms with E-state index in [1.165, 1.54) is 24.1 Å². The molecule has 0 N–H and O–H groups in total. The summed E-state index contributed by atoms with van der Waals surface area (Å²) in [6.45, 7) is 1.75. The number of nitriles is 1. The summed E-state index contributed by atoms with van der Waals surface area (Å²) < 4.78 is 40.9. The Labute approximate surface area is 180 Å². The van der Waals surface area contributed by atoms with Crippen LogP contribution in [0.4, 0.5) is 19.0 Å². The number of fused-ring (bicyclic) bond motifs is 1. The van der Waals surface area contributed by atoms with Crippen molar-refractivity contribution in [3.8, 4) is 6.07 Å². The van der Waals surface area contributed by atoms with E-state index in [0.717, 1.165) is 10.7 Å². The second-order valence-electron chi connectivity index (χ2n) is 6.85. The molecule has 1 aliphatic heterocycles. The van der Waals surface area contributed by atoms with Crippen molar-refractivity contribution in [2.45, 2.75) is 25.6 Å². The molecule has 2 aromatic rings. The fourth-order valence-corrected chi connectivity index (χ4v) is 3.65. The molecular weight excluding hydrogens is 442 g/mol. The summed E-state index contributed by atoms with van der Waals surface area (Å²) in [4.78, 5) is 18.7. The third-order valence-corrected chi connectivity index (χ3v) is 5.55. The first kappa shape index (κ1) is 22.1. The number of carbonyl (C=O) groups is 1. The SMILES string of the molecule is CC1=Nc2cc(C(F)(F)F)nn2C(c2ccc(Cl)c(Cl)c2)C1C(=O)N(C)CCC#N. The van der Waals surface area contributed by atoms with Crippen molar-refractivity contribution in [1.29, 1.82) is 5.26 Å². The van der Waals surface area contributed by atoms with Crippen molar-refractivity contribution in [3.63, 3.8) is 0 Å². The number of rotatable bonds is 4. The second kappa shape index (κ2) is 8.28. The molecule has 1 aliphatic rings. The number of benzene rings is 1. The topological polar surface area (TPSA) is 74.3 Å². The lowest BCUT2D eigenvalue weighted by Crippen LogP contribution is -2.43. The van der Waals surface area contributed by atoms with Crippen molar-refractivity contribution in [3.05, 3.63) is 45.6 Å². The van der Waals surface area contributed by atoms with Gasteiger partial charge < -0.3 is 4.90 Å². The van der Waals surface area contributed by atoms with Gasteiger partial charge in [0.1, 0.15) is 5.92 Å². The molecule has 0 aliphatic carbocycles. The molecule has 2 unspecified atom stereocenters. The van der Waals surface area contributed by atoms with E-state index < -0.39 is 29.7 Å². The van der Waals surface area contributed by atoms with Gasteiger partial charge in [-0.25, -0.2) is 9.67 Å². The maximum absolute atomic E-state index is 13.3. The van der Waals surface area contributed by atoms with E-state index in [9.17, 15) is 18.0 Å². The highest BCUT2D eigenvalue weighted by molar-refractivity contribution is 6.42. The summed E-state index contributed by atoms with van der Waals surface area (Å²) in [6.07, 6.45) is -4.55. The van der Waals surface area contributed by atoms with Gasteiger partial charge in [-0.3, -0.25) is 4.79 Å². The van der Waals surface area contributed by atoms with Gasteiger partial charge in [-0.05, 0) is 24.6 Å². The molecule has 0 spiro atoms. The Balaban J connectivity index is 2.16. The molecule has 0 saturated carbocycles. The molecule has 0 bridgehead atoms. The normalized spacial score (nSPS) is 18.4. The number of hydrogen-bond acceptors (Lipinski definition) is 4. The van der Waals surface area contributed by atoms with Gasteiger partial charge in [-0.15, -0.1) is 0 Å². The number of hydrogen-bond donors (Lipinski definition) is 0. The molecule has 6 nitrogen and oxygen atoms in total. The van der Waals surface area contributed by atoms with Crippen molar-refractivity contribution in [2.24, 2.45) is 10.9 Å². The van der Waals surface area contributed by atoms with Gasteiger partial charge in [0.15, 0.2) is 11.5 Å². The van der Waals surface area contributed by atoms with Gasteiger partial charge >= 0.3 is 6.18 Å². The molecule has 2 atom stereocenters. The molecule has 30 heavy (non-hydrogen) atoms. The molecule has 11 heteroatoms. The molecular formula is C19H16Cl2F3N5O. The van der Waals surface area contributed by atoms with Crippen LogP contribution in [0.15, 0.2) is 29.3 Å². The zero-order chi connectivity index (χ0) is 22.2. The molecule has 158 valence electrons. The second-order valence-corrected chi connectivity index (χ2v) is 7.66. The van der Waals surface area contributed by atoms with Gasteiger partial charge in [-0.2, -0.15) is 23.5 Å². The van der Waals surface area contributed by atoms with E-state index in [-0.39, 0.29) is 28.8 Å². The quantitative estimate of drug-likeness (QED) is 0.655. The fourth-order valence-electron chi connectivity index (χ4n) is 3.34. The van der Waals surface area contributed by atoms with Crippen LogP contribution in [0.5, 0.6) is 0 Å². The Morgan fingerprint density at radius 2 is 2.00 bits per heavy atom. The van der Waals surface area contributed by atoms with Gasteiger partial charge in [0, 0.05) is 25.4 Å². The first-order chi connectivity index (χ1) is 14.0. The maximum atomic E-state index is 13.3. The highest BCUT2D eigenvalue weighted by atomic mass is 35.5. The highest BCUT2D eigenvalue weighted by Crippen LogP contribution is 2.41. The number of amides is 1. The van der Waals surface area contributed by atoms with Gasteiger partial charge in [0.2, 0.25) is 5.91 Å². The smallest absolute Gasteiger partial charge is 0.344 e. The fraction of sp³-hybridized carbons (Fsp3) is 0.368. The third-order valence-electron chi connectivity index (χ3n) is 4.81. The summed E-state index contributed by atoms with van der Waals surface area (Å²) in [7, 11) is 1.53. The molecule has 0 fully saturated rings. The van der Waals surface area contributed by atoms with E-state index in [2.05, 4.69) is 10.1 Å². The number of aromatic nitrogens is 2. The Hall–Kier alpha value is -2.57. The Morgan fingerprint density at radius 1 is 1.30 bits per heavy atom. The molecule has 0 radical (unpaired) electrons. The van der Waals surface area contributed by atoms with Crippen LogP contribution in [0, 0.1) is 17.2 Å². The van der Waals surface area contributed by atoms with Crippen LogP contribution in [-0.2, 0) is 11.0 Å². The Morgan fingerprint density at radius 3 is 2.60 bits per heavy atom. The molecule has 3 rings (SSSR count). The van der Waals surface area contributed by atoms with Crippen LogP contribution in [0.3, 0.4) is 0 Å². The largest absolute Gasteiger partial charge is 0.435 e. The third kappa shape index (κ3) is 4.16. The highest BCUT2D eigenvalue weighted by Gasteiger charge is 2.43. The van der Waals surface area contributed by atoms with Crippen molar-refractivity contribution >= 4 is 40.6 Å². The van der Waals surface area contributed by atoms with Crippen molar-refractivity contribution in [1.82, 2.24) is 14.7 Å². The van der Waals surface area contributed by atoms with Gasteiger partial charge in [-0.1, -0.05) is 29.3 Å². The predicted octanol–water partition coefficient (Wildman–Crippen LogP) is 4.89. The van der Waals surface area contributed by atoms with Crippen LogP contribution in [-0.4, -0.2) is 39.9 Å². The lowest BCUT2D eigenvalue weighted by Gasteiger charge is -2.33. The summed E-state index contributed by atoms with van der Waals surface area (Å²) in [6, 6.07) is 6.49. The standard InChI is InChI=1S/C19H16Cl2F3N5O/c1-10-16(18(30)28(2)7-3-6-25)17(11-4-5-12(20)13(21)8-11)29-15(26-10)9-14(27-29)19(22,23)24/h4-5,8-9,16-17H,3,7H2,1-2H3. The summed E-state index contributed by atoms with van der Waals surface area (Å²) in [5, 5.41) is 13.0. The van der Waals surface area contributed by atoms with Gasteiger partial charge in [0.25, 0.3) is 0 Å². The minimum atomic E-state index is -4.67. The Bertz CT molecular complexity index is 1060. The summed E-state index contributed by atoms with van der Waals surface area (Å²) in [5.74, 6) is -1.34. The average Bonchev–Trinajstić information content (AvgIpc) is 3.10. The average molecular weight is 458 g/mol. The number of carbonyl (C=O) groups excluding carboxylic acids is 1. The number of aliphatic imine (C=N–C) groups is 1. The number of halogens is 5. The molecule has 1 aromatic heterocycles. The van der Waals surface area contributed by atoms with E-state index >= 15 is 0 Å². The first-order valence-corrected chi connectivity index (χ1v) is 9.59. The summed E-state index contributed by atoms with van der Waals surface area (Å²) >= 11 is 12.1. The lowest BCUT2D eigenvalue weighted by atomic mass is 9.87. The maximum Gasteiger partial charge on any atom is 0.435 e. The van der Waals surface area contributed by atoms with Crippen LogP contribution in [0.2, 0.25) is 10.0 Å². The molecule has 1 aromatic carbocycles. The monoisotopic (exact) mass is 457 g/mol. The van der Waals surface area contributed by atoms with Crippen molar-refractivity contribution in [2.75, 3.05) is 13.6 Å². The Kier molecular flexibility index (Phi) is 6.11. The number of alkyl halides is 3. The van der Waals surface area contributed by atoms with Crippen LogP contribution >= 0.6 is 23.2 Å². The van der Waals surface area contributed by atoms with E-state index in [0.29, 0.717) is 11.3 Å². The zero-order valence-electron chi connectivity index (χ0n) is 15.9. The van der Waals surface area contributed by atoms with E-state index in [4.69, 9.17) is 28.5 Å². The van der Waals surface area contributed by atoms with E-state index in [1.807, 2.05) is 6.07 Å². The molecule has 1 amide bonds. The summed E-state index contributed by atoms with van der Waals surface area (Å²) in [5.41, 5.74) is -0.310. The van der Waals surface area contributed by atoms with E-state index in [1.54, 1.807) is 13.0 Å². The minimum Gasteiger partial charge on any atom is -0.344 e. The predicted molar refractivity (Wildman–Crippen MR) is 106 cm³/mol. The lowest BCUT2D eigenvalue weighted by molar-refractivity contribution is -0.141. The van der Waals surface area contributed by atoms with Crippen LogP contribution in [0.1, 0.15) is 30.6 Å². The van der Waals surface area contributed by atoms with Gasteiger partial charge in [0.05, 0.1) is 28.6 Å². The minimum absolute atomic E-state index is 0.0142. The van der Waals surface area contributed by atoms with Crippen LogP contribution < -0.4 is 0 Å². The molecule has 2 heterocycles. The first-order valence-electron chi connectivity index (χ1n) is 8.83. The zero-order valence-corrected chi connectivity index (χ0v) is 17.4.